The fraction of sp³-hybridized carbons (Fsp3) is 0.533. The number of benzene rings is 1. The van der Waals surface area contributed by atoms with Gasteiger partial charge in [0.25, 0.3) is 0 Å². The molecule has 5 heteroatoms. The van der Waals surface area contributed by atoms with E-state index in [0.29, 0.717) is 29.7 Å². The van der Waals surface area contributed by atoms with E-state index >= 15 is 0 Å². The molecule has 20 heavy (non-hydrogen) atoms. The molecule has 1 aliphatic heterocycles. The summed E-state index contributed by atoms with van der Waals surface area (Å²) in [4.78, 5) is 12.2. The minimum absolute atomic E-state index is 0.0296. The maximum atomic E-state index is 12.2. The minimum atomic E-state index is -0.268. The van der Waals surface area contributed by atoms with Gasteiger partial charge in [0.1, 0.15) is 0 Å². The summed E-state index contributed by atoms with van der Waals surface area (Å²) in [7, 11) is 0. The highest BCUT2D eigenvalue weighted by molar-refractivity contribution is 6.36. The van der Waals surface area contributed by atoms with Crippen molar-refractivity contribution < 1.29 is 14.3 Å². The minimum Gasteiger partial charge on any atom is -0.466 e. The molecule has 1 aromatic carbocycles. The number of hydrogen-bond donors (Lipinski definition) is 0. The molecule has 0 radical (unpaired) electrons. The van der Waals surface area contributed by atoms with Crippen LogP contribution in [0.4, 0.5) is 0 Å². The summed E-state index contributed by atoms with van der Waals surface area (Å²) < 4.78 is 10.9. The van der Waals surface area contributed by atoms with Gasteiger partial charge in [0, 0.05) is 16.0 Å². The average Bonchev–Trinajstić information content (AvgIpc) is 2.40. The van der Waals surface area contributed by atoms with Gasteiger partial charge in [-0.15, -0.1) is 0 Å². The van der Waals surface area contributed by atoms with E-state index in [0.717, 1.165) is 5.56 Å². The molecule has 0 amide bonds. The molecular weight excluding hydrogens is 299 g/mol. The van der Waals surface area contributed by atoms with Crippen molar-refractivity contribution in [3.8, 4) is 0 Å². The largest absolute Gasteiger partial charge is 0.466 e. The van der Waals surface area contributed by atoms with Crippen LogP contribution >= 0.6 is 23.2 Å². The first kappa shape index (κ1) is 15.6. The second-order valence-corrected chi connectivity index (χ2v) is 5.79. The molecule has 0 saturated carbocycles. The predicted octanol–water partition coefficient (Wildman–Crippen LogP) is 4.07. The SMILES string of the molecule is CCOC(=O)C1CC(C)OCC1c1c(Cl)cccc1Cl. The Hall–Kier alpha value is -0.770. The number of hydrogen-bond acceptors (Lipinski definition) is 3. The summed E-state index contributed by atoms with van der Waals surface area (Å²) in [5.41, 5.74) is 0.779. The molecule has 3 nitrogen and oxygen atoms in total. The van der Waals surface area contributed by atoms with Crippen molar-refractivity contribution in [3.63, 3.8) is 0 Å². The molecule has 1 aromatic rings. The smallest absolute Gasteiger partial charge is 0.309 e. The lowest BCUT2D eigenvalue weighted by Crippen LogP contribution is -2.36. The van der Waals surface area contributed by atoms with Crippen LogP contribution in [0.3, 0.4) is 0 Å². The first-order chi connectivity index (χ1) is 9.54. The molecule has 0 N–H and O–H groups in total. The van der Waals surface area contributed by atoms with E-state index in [-0.39, 0.29) is 23.9 Å². The Bertz CT molecular complexity index is 470. The molecule has 0 bridgehead atoms. The summed E-state index contributed by atoms with van der Waals surface area (Å²) in [5.74, 6) is -0.633. The van der Waals surface area contributed by atoms with Gasteiger partial charge < -0.3 is 9.47 Å². The molecule has 1 heterocycles. The number of rotatable bonds is 3. The average molecular weight is 317 g/mol. The molecule has 1 aliphatic rings. The number of ether oxygens (including phenoxy) is 2. The molecule has 1 fully saturated rings. The van der Waals surface area contributed by atoms with E-state index in [1.54, 1.807) is 25.1 Å². The van der Waals surface area contributed by atoms with Crippen molar-refractivity contribution in [2.45, 2.75) is 32.3 Å². The molecule has 0 aromatic heterocycles. The van der Waals surface area contributed by atoms with Crippen LogP contribution in [0.15, 0.2) is 18.2 Å². The van der Waals surface area contributed by atoms with E-state index in [9.17, 15) is 4.79 Å². The van der Waals surface area contributed by atoms with Gasteiger partial charge in [-0.05, 0) is 38.0 Å². The quantitative estimate of drug-likeness (QED) is 0.789. The molecule has 2 rings (SSSR count). The zero-order valence-corrected chi connectivity index (χ0v) is 13.1. The Morgan fingerprint density at radius 3 is 2.65 bits per heavy atom. The predicted molar refractivity (Wildman–Crippen MR) is 79.4 cm³/mol. The van der Waals surface area contributed by atoms with Gasteiger partial charge in [0.15, 0.2) is 0 Å². The Morgan fingerprint density at radius 2 is 2.05 bits per heavy atom. The van der Waals surface area contributed by atoms with E-state index in [1.165, 1.54) is 0 Å². The Labute approximate surface area is 129 Å². The standard InChI is InChI=1S/C15H18Cl2O3/c1-3-19-15(18)10-7-9(2)20-8-11(10)14-12(16)5-4-6-13(14)17/h4-6,9-11H,3,7-8H2,1-2H3. The van der Waals surface area contributed by atoms with Crippen molar-refractivity contribution in [1.29, 1.82) is 0 Å². The van der Waals surface area contributed by atoms with E-state index < -0.39 is 0 Å². The molecule has 1 saturated heterocycles. The molecule has 0 aliphatic carbocycles. The number of esters is 1. The zero-order valence-electron chi connectivity index (χ0n) is 11.6. The zero-order chi connectivity index (χ0) is 14.7. The van der Waals surface area contributed by atoms with Crippen LogP contribution in [0, 0.1) is 5.92 Å². The van der Waals surface area contributed by atoms with Gasteiger partial charge in [-0.2, -0.15) is 0 Å². The van der Waals surface area contributed by atoms with Crippen LogP contribution in [-0.4, -0.2) is 25.3 Å². The highest BCUT2D eigenvalue weighted by Gasteiger charge is 2.38. The van der Waals surface area contributed by atoms with Gasteiger partial charge in [-0.3, -0.25) is 4.79 Å². The molecule has 110 valence electrons. The van der Waals surface area contributed by atoms with Gasteiger partial charge in [-0.1, -0.05) is 29.3 Å². The lowest BCUT2D eigenvalue weighted by atomic mass is 9.81. The van der Waals surface area contributed by atoms with Gasteiger partial charge >= 0.3 is 5.97 Å². The third kappa shape index (κ3) is 3.27. The van der Waals surface area contributed by atoms with Crippen molar-refractivity contribution in [2.75, 3.05) is 13.2 Å². The lowest BCUT2D eigenvalue weighted by Gasteiger charge is -2.34. The van der Waals surface area contributed by atoms with Gasteiger partial charge in [-0.25, -0.2) is 0 Å². The number of carbonyl (C=O) groups excluding carboxylic acids is 1. The number of carbonyl (C=O) groups is 1. The van der Waals surface area contributed by atoms with E-state index in [2.05, 4.69) is 0 Å². The third-order valence-corrected chi connectivity index (χ3v) is 4.25. The lowest BCUT2D eigenvalue weighted by molar-refractivity contribution is -0.154. The summed E-state index contributed by atoms with van der Waals surface area (Å²) >= 11 is 12.5. The van der Waals surface area contributed by atoms with Crippen molar-refractivity contribution in [2.24, 2.45) is 5.92 Å². The Balaban J connectivity index is 2.34. The Morgan fingerprint density at radius 1 is 1.40 bits per heavy atom. The Kier molecular flexibility index (Phi) is 5.30. The van der Waals surface area contributed by atoms with Gasteiger partial charge in [0.05, 0.1) is 25.2 Å². The van der Waals surface area contributed by atoms with E-state index in [4.69, 9.17) is 32.7 Å². The normalized spacial score (nSPS) is 26.3. The first-order valence-corrected chi connectivity index (χ1v) is 7.52. The summed E-state index contributed by atoms with van der Waals surface area (Å²) in [6.07, 6.45) is 0.646. The summed E-state index contributed by atoms with van der Waals surface area (Å²) in [6, 6.07) is 5.35. The van der Waals surface area contributed by atoms with Crippen LogP contribution in [0.5, 0.6) is 0 Å². The van der Waals surface area contributed by atoms with Crippen molar-refractivity contribution in [3.05, 3.63) is 33.8 Å². The fourth-order valence-electron chi connectivity index (χ4n) is 2.63. The van der Waals surface area contributed by atoms with Crippen LogP contribution in [0.25, 0.3) is 0 Å². The number of halogens is 2. The summed E-state index contributed by atoms with van der Waals surface area (Å²) in [6.45, 7) is 4.55. The topological polar surface area (TPSA) is 35.5 Å². The van der Waals surface area contributed by atoms with Crippen LogP contribution in [0.2, 0.25) is 10.0 Å². The van der Waals surface area contributed by atoms with Gasteiger partial charge in [0.2, 0.25) is 0 Å². The third-order valence-electron chi connectivity index (χ3n) is 3.59. The first-order valence-electron chi connectivity index (χ1n) is 6.76. The van der Waals surface area contributed by atoms with Crippen molar-refractivity contribution >= 4 is 29.2 Å². The second kappa shape index (κ2) is 6.79. The highest BCUT2D eigenvalue weighted by atomic mass is 35.5. The van der Waals surface area contributed by atoms with E-state index in [1.807, 2.05) is 6.92 Å². The maximum Gasteiger partial charge on any atom is 0.309 e. The van der Waals surface area contributed by atoms with Crippen LogP contribution < -0.4 is 0 Å². The van der Waals surface area contributed by atoms with Crippen LogP contribution in [-0.2, 0) is 14.3 Å². The van der Waals surface area contributed by atoms with Crippen molar-refractivity contribution in [1.82, 2.24) is 0 Å². The second-order valence-electron chi connectivity index (χ2n) is 4.98. The maximum absolute atomic E-state index is 12.2. The molecule has 3 unspecified atom stereocenters. The molecule has 3 atom stereocenters. The van der Waals surface area contributed by atoms with Crippen LogP contribution in [0.1, 0.15) is 31.7 Å². The summed E-state index contributed by atoms with van der Waals surface area (Å²) in [5, 5.41) is 1.13. The molecular formula is C15H18Cl2O3. The monoisotopic (exact) mass is 316 g/mol. The molecule has 0 spiro atoms. The highest BCUT2D eigenvalue weighted by Crippen LogP contribution is 2.41. The fourth-order valence-corrected chi connectivity index (χ4v) is 3.31.